The molecule has 2 rings (SSSR count). The number of halogens is 2. The molecule has 0 bridgehead atoms. The van der Waals surface area contributed by atoms with E-state index in [0.717, 1.165) is 6.42 Å². The van der Waals surface area contributed by atoms with Crippen LogP contribution >= 0.6 is 28.3 Å². The molecule has 1 aromatic heterocycles. The first-order chi connectivity index (χ1) is 12.4. The highest BCUT2D eigenvalue weighted by atomic mass is 79.9. The summed E-state index contributed by atoms with van der Waals surface area (Å²) in [5.41, 5.74) is 4.96. The fraction of sp³-hybridized carbons (Fsp3) is 0.562. The molecule has 1 aliphatic heterocycles. The van der Waals surface area contributed by atoms with E-state index < -0.39 is 35.8 Å². The fourth-order valence-corrected chi connectivity index (χ4v) is 2.60. The van der Waals surface area contributed by atoms with Gasteiger partial charge in [-0.3, -0.25) is 19.1 Å². The van der Waals surface area contributed by atoms with Gasteiger partial charge < -0.3 is 19.9 Å². The topological polar surface area (TPSA) is 126 Å². The third kappa shape index (κ3) is 6.01. The number of aromatic amines is 1. The van der Waals surface area contributed by atoms with Crippen molar-refractivity contribution in [2.75, 3.05) is 13.2 Å². The number of ether oxygens (including phenoxy) is 3. The Labute approximate surface area is 170 Å². The van der Waals surface area contributed by atoms with Crippen LogP contribution in [0, 0.1) is 5.92 Å². The zero-order valence-corrected chi connectivity index (χ0v) is 17.3. The van der Waals surface area contributed by atoms with E-state index in [-0.39, 0.29) is 37.1 Å². The van der Waals surface area contributed by atoms with Gasteiger partial charge in [0.05, 0.1) is 12.2 Å². The summed E-state index contributed by atoms with van der Waals surface area (Å²) in [6.45, 7) is 3.74. The summed E-state index contributed by atoms with van der Waals surface area (Å²) in [4.78, 5) is 39.3. The maximum absolute atomic E-state index is 12.0. The Balaban J connectivity index is 0.00000364. The molecule has 0 amide bonds. The van der Waals surface area contributed by atoms with E-state index in [0.29, 0.717) is 0 Å². The molecule has 152 valence electrons. The lowest BCUT2D eigenvalue weighted by Gasteiger charge is -2.18. The minimum absolute atomic E-state index is 0. The van der Waals surface area contributed by atoms with Crippen molar-refractivity contribution >= 4 is 40.4 Å². The van der Waals surface area contributed by atoms with Gasteiger partial charge in [0.15, 0.2) is 12.5 Å². The number of carbonyl (C=O) groups excluding carboxylic acids is 1. The fourth-order valence-electron chi connectivity index (χ4n) is 2.31. The van der Waals surface area contributed by atoms with Crippen molar-refractivity contribution in [1.29, 1.82) is 0 Å². The number of rotatable bonds is 7. The zero-order chi connectivity index (χ0) is 19.3. The number of hydrogen-bond donors (Lipinski definition) is 2. The molecule has 1 saturated heterocycles. The summed E-state index contributed by atoms with van der Waals surface area (Å²) in [7, 11) is 0. The van der Waals surface area contributed by atoms with Gasteiger partial charge in [-0.05, 0) is 17.0 Å². The number of esters is 1. The van der Waals surface area contributed by atoms with E-state index in [1.165, 1.54) is 21.8 Å². The van der Waals surface area contributed by atoms with Gasteiger partial charge in [-0.25, -0.2) is 4.79 Å². The molecular weight excluding hydrogens is 446 g/mol. The standard InChI is InChI=1S/C16H22BrN3O6.ClH/c1-3-9(2)13(18)15(22)25-8-12-24-7-11(26-12)20-6-10(4-5-17)14(21)19-16(20)23;/h4-6,9,11-13H,3,7-8,18H2,1-2H3,(H,19,21,23);1H/b5-4+;/t9-,11-,12-,13-;/m0./s1. The maximum Gasteiger partial charge on any atom is 0.330 e. The number of H-pyrrole nitrogens is 1. The van der Waals surface area contributed by atoms with Crippen molar-refractivity contribution in [3.8, 4) is 0 Å². The lowest BCUT2D eigenvalue weighted by atomic mass is 10.0. The summed E-state index contributed by atoms with van der Waals surface area (Å²) in [5, 5.41) is 0. The number of hydrogen-bond acceptors (Lipinski definition) is 7. The Bertz CT molecular complexity index is 780. The predicted octanol–water partition coefficient (Wildman–Crippen LogP) is 1.11. The van der Waals surface area contributed by atoms with Crippen LogP contribution in [0.5, 0.6) is 0 Å². The van der Waals surface area contributed by atoms with Crippen LogP contribution in [-0.4, -0.2) is 41.1 Å². The third-order valence-electron chi connectivity index (χ3n) is 4.17. The van der Waals surface area contributed by atoms with Crippen LogP contribution < -0.4 is 17.0 Å². The Morgan fingerprint density at radius 3 is 2.89 bits per heavy atom. The largest absolute Gasteiger partial charge is 0.459 e. The molecule has 0 aliphatic carbocycles. The van der Waals surface area contributed by atoms with Gasteiger partial charge in [0, 0.05) is 6.20 Å². The Morgan fingerprint density at radius 1 is 1.56 bits per heavy atom. The zero-order valence-electron chi connectivity index (χ0n) is 14.9. The van der Waals surface area contributed by atoms with Crippen molar-refractivity contribution in [3.05, 3.63) is 37.6 Å². The third-order valence-corrected chi connectivity index (χ3v) is 4.44. The lowest BCUT2D eigenvalue weighted by Crippen LogP contribution is -2.39. The van der Waals surface area contributed by atoms with Crippen molar-refractivity contribution < 1.29 is 19.0 Å². The SMILES string of the molecule is CC[C@H](C)[C@H](N)C(=O)OC[C@H]1OC[C@@H](n2cc(/C=C/Br)c(=O)[nH]c2=O)O1.Cl. The van der Waals surface area contributed by atoms with E-state index in [1.54, 1.807) is 0 Å². The molecule has 11 heteroatoms. The summed E-state index contributed by atoms with van der Waals surface area (Å²) >= 11 is 3.08. The average Bonchev–Trinajstić information content (AvgIpc) is 3.09. The van der Waals surface area contributed by atoms with Crippen molar-refractivity contribution in [2.45, 2.75) is 38.8 Å². The molecule has 1 aliphatic rings. The molecule has 27 heavy (non-hydrogen) atoms. The monoisotopic (exact) mass is 467 g/mol. The molecule has 0 saturated carbocycles. The number of carbonyl (C=O) groups is 1. The Hall–Kier alpha value is -1.46. The number of nitrogens with two attached hydrogens (primary N) is 1. The molecule has 0 aromatic carbocycles. The molecule has 0 radical (unpaired) electrons. The van der Waals surface area contributed by atoms with Gasteiger partial charge in [-0.15, -0.1) is 12.4 Å². The van der Waals surface area contributed by atoms with E-state index in [9.17, 15) is 14.4 Å². The van der Waals surface area contributed by atoms with Crippen LogP contribution in [-0.2, 0) is 19.0 Å². The number of aromatic nitrogens is 2. The highest BCUT2D eigenvalue weighted by Gasteiger charge is 2.30. The van der Waals surface area contributed by atoms with Crippen LogP contribution in [0.15, 0.2) is 20.8 Å². The van der Waals surface area contributed by atoms with Crippen molar-refractivity contribution in [2.24, 2.45) is 11.7 Å². The first kappa shape index (κ1) is 23.6. The molecule has 1 fully saturated rings. The molecule has 2 heterocycles. The van der Waals surface area contributed by atoms with Gasteiger partial charge in [0.25, 0.3) is 5.56 Å². The average molecular weight is 469 g/mol. The minimum atomic E-state index is -0.818. The summed E-state index contributed by atoms with van der Waals surface area (Å²) in [6, 6.07) is -0.711. The molecule has 1 aromatic rings. The van der Waals surface area contributed by atoms with Gasteiger partial charge in [-0.1, -0.05) is 36.2 Å². The van der Waals surface area contributed by atoms with E-state index in [1.807, 2.05) is 13.8 Å². The second kappa shape index (κ2) is 10.8. The predicted molar refractivity (Wildman–Crippen MR) is 105 cm³/mol. The van der Waals surface area contributed by atoms with E-state index >= 15 is 0 Å². The van der Waals surface area contributed by atoms with Crippen LogP contribution in [0.25, 0.3) is 6.08 Å². The van der Waals surface area contributed by atoms with E-state index in [4.69, 9.17) is 19.9 Å². The van der Waals surface area contributed by atoms with Crippen LogP contribution in [0.4, 0.5) is 0 Å². The van der Waals surface area contributed by atoms with Crippen LogP contribution in [0.3, 0.4) is 0 Å². The highest BCUT2D eigenvalue weighted by Crippen LogP contribution is 2.20. The highest BCUT2D eigenvalue weighted by molar-refractivity contribution is 9.11. The van der Waals surface area contributed by atoms with Gasteiger partial charge in [-0.2, -0.15) is 0 Å². The smallest absolute Gasteiger partial charge is 0.330 e. The first-order valence-electron chi connectivity index (χ1n) is 8.18. The normalized spacial score (nSPS) is 21.6. The van der Waals surface area contributed by atoms with Crippen molar-refractivity contribution in [3.63, 3.8) is 0 Å². The van der Waals surface area contributed by atoms with Gasteiger partial charge >= 0.3 is 11.7 Å². The molecule has 0 unspecified atom stereocenters. The second-order valence-electron chi connectivity index (χ2n) is 5.94. The van der Waals surface area contributed by atoms with Gasteiger partial charge in [0.2, 0.25) is 0 Å². The molecule has 3 N–H and O–H groups in total. The number of nitrogens with one attached hydrogen (secondary N) is 1. The molecule has 4 atom stereocenters. The lowest BCUT2D eigenvalue weighted by molar-refractivity contribution is -0.161. The molecule has 0 spiro atoms. The maximum atomic E-state index is 12.0. The Morgan fingerprint density at radius 2 is 2.26 bits per heavy atom. The van der Waals surface area contributed by atoms with Crippen LogP contribution in [0.1, 0.15) is 32.1 Å². The second-order valence-corrected chi connectivity index (χ2v) is 6.47. The Kier molecular flexibility index (Phi) is 9.40. The molecule has 9 nitrogen and oxygen atoms in total. The quantitative estimate of drug-likeness (QED) is 0.574. The molecular formula is C16H23BrClN3O6. The summed E-state index contributed by atoms with van der Waals surface area (Å²) < 4.78 is 17.3. The summed E-state index contributed by atoms with van der Waals surface area (Å²) in [5.74, 6) is -0.526. The van der Waals surface area contributed by atoms with Crippen LogP contribution in [0.2, 0.25) is 0 Å². The van der Waals surface area contributed by atoms with Crippen molar-refractivity contribution in [1.82, 2.24) is 9.55 Å². The first-order valence-corrected chi connectivity index (χ1v) is 9.10. The number of nitrogens with zero attached hydrogens (tertiary/aromatic N) is 1. The minimum Gasteiger partial charge on any atom is -0.459 e. The van der Waals surface area contributed by atoms with E-state index in [2.05, 4.69) is 20.9 Å². The van der Waals surface area contributed by atoms with Gasteiger partial charge in [0.1, 0.15) is 12.6 Å². The summed E-state index contributed by atoms with van der Waals surface area (Å²) in [6.07, 6.45) is 2.07.